The maximum Gasteiger partial charge on any atom is 0.207 e. The molecule has 3 rings (SSSR count). The van der Waals surface area contributed by atoms with Crippen LogP contribution >= 0.6 is 11.6 Å². The van der Waals surface area contributed by atoms with Gasteiger partial charge in [0.15, 0.2) is 11.5 Å². The van der Waals surface area contributed by atoms with Crippen molar-refractivity contribution in [3.63, 3.8) is 0 Å². The lowest BCUT2D eigenvalue weighted by Crippen LogP contribution is -1.97. The molecule has 0 saturated heterocycles. The SMILES string of the molecule is Cc1ccn2c(Cl)nc(COc3ccccc3O)c2c1. The van der Waals surface area contributed by atoms with E-state index in [1.807, 2.05) is 25.3 Å². The summed E-state index contributed by atoms with van der Waals surface area (Å²) in [5, 5.41) is 10.1. The summed E-state index contributed by atoms with van der Waals surface area (Å²) >= 11 is 6.09. The maximum atomic E-state index is 9.67. The number of benzene rings is 1. The van der Waals surface area contributed by atoms with Crippen molar-refractivity contribution in [3.8, 4) is 11.5 Å². The molecule has 0 aliphatic rings. The van der Waals surface area contributed by atoms with Crippen molar-refractivity contribution in [1.29, 1.82) is 0 Å². The summed E-state index contributed by atoms with van der Waals surface area (Å²) in [5.74, 6) is 0.538. The highest BCUT2D eigenvalue weighted by molar-refractivity contribution is 6.28. The first kappa shape index (κ1) is 12.8. The Morgan fingerprint density at radius 3 is 2.90 bits per heavy atom. The van der Waals surface area contributed by atoms with Crippen LogP contribution in [0.1, 0.15) is 11.3 Å². The predicted octanol–water partition coefficient (Wildman–Crippen LogP) is 3.58. The number of aromatic hydroxyl groups is 1. The molecule has 102 valence electrons. The highest BCUT2D eigenvalue weighted by Gasteiger charge is 2.11. The van der Waals surface area contributed by atoms with Gasteiger partial charge in [0.05, 0.1) is 5.52 Å². The molecular weight excluding hydrogens is 276 g/mol. The lowest BCUT2D eigenvalue weighted by Gasteiger charge is -2.06. The molecule has 2 heterocycles. The molecule has 0 bridgehead atoms. The van der Waals surface area contributed by atoms with E-state index in [9.17, 15) is 5.11 Å². The number of fused-ring (bicyclic) bond motifs is 1. The molecule has 0 amide bonds. The third-order valence-corrected chi connectivity index (χ3v) is 3.33. The molecule has 0 saturated carbocycles. The number of para-hydroxylation sites is 2. The third-order valence-electron chi connectivity index (χ3n) is 3.06. The first-order valence-electron chi connectivity index (χ1n) is 6.19. The number of halogens is 1. The molecule has 3 aromatic rings. The standard InChI is InChI=1S/C15H13ClN2O2/c1-10-6-7-18-12(8-10)11(17-15(18)16)9-20-14-5-3-2-4-13(14)19/h2-8,19H,9H2,1H3. The van der Waals surface area contributed by atoms with E-state index >= 15 is 0 Å². The predicted molar refractivity (Wildman–Crippen MR) is 77.4 cm³/mol. The first-order chi connectivity index (χ1) is 9.65. The van der Waals surface area contributed by atoms with Crippen LogP contribution in [0.4, 0.5) is 0 Å². The van der Waals surface area contributed by atoms with Gasteiger partial charge in [0.1, 0.15) is 12.3 Å². The zero-order valence-electron chi connectivity index (χ0n) is 10.9. The number of phenols is 1. The lowest BCUT2D eigenvalue weighted by molar-refractivity contribution is 0.286. The molecule has 5 heteroatoms. The molecule has 0 aliphatic heterocycles. The Morgan fingerprint density at radius 1 is 1.30 bits per heavy atom. The van der Waals surface area contributed by atoms with Crippen LogP contribution < -0.4 is 4.74 Å². The van der Waals surface area contributed by atoms with Crippen LogP contribution in [0.15, 0.2) is 42.6 Å². The number of hydrogen-bond donors (Lipinski definition) is 1. The number of pyridine rings is 1. The summed E-state index contributed by atoms with van der Waals surface area (Å²) in [7, 11) is 0. The molecule has 0 fully saturated rings. The van der Waals surface area contributed by atoms with Crippen LogP contribution in [-0.4, -0.2) is 14.5 Å². The molecule has 0 atom stereocenters. The van der Waals surface area contributed by atoms with E-state index in [0.717, 1.165) is 16.8 Å². The summed E-state index contributed by atoms with van der Waals surface area (Å²) in [6, 6.07) is 10.8. The summed E-state index contributed by atoms with van der Waals surface area (Å²) < 4.78 is 7.40. The second-order valence-electron chi connectivity index (χ2n) is 4.54. The van der Waals surface area contributed by atoms with Crippen molar-refractivity contribution in [1.82, 2.24) is 9.38 Å². The molecule has 20 heavy (non-hydrogen) atoms. The molecule has 0 spiro atoms. The zero-order chi connectivity index (χ0) is 14.1. The average molecular weight is 289 g/mol. The van der Waals surface area contributed by atoms with Crippen LogP contribution in [0, 0.1) is 6.92 Å². The van der Waals surface area contributed by atoms with Gasteiger partial charge in [-0.05, 0) is 48.4 Å². The van der Waals surface area contributed by atoms with Gasteiger partial charge >= 0.3 is 0 Å². The number of aromatic nitrogens is 2. The molecular formula is C15H13ClN2O2. The van der Waals surface area contributed by atoms with Crippen molar-refractivity contribution < 1.29 is 9.84 Å². The fraction of sp³-hybridized carbons (Fsp3) is 0.133. The van der Waals surface area contributed by atoms with Gasteiger partial charge in [0, 0.05) is 6.20 Å². The van der Waals surface area contributed by atoms with Crippen molar-refractivity contribution in [2.45, 2.75) is 13.5 Å². The van der Waals surface area contributed by atoms with Crippen molar-refractivity contribution >= 4 is 17.1 Å². The van der Waals surface area contributed by atoms with Gasteiger partial charge in [-0.1, -0.05) is 12.1 Å². The van der Waals surface area contributed by atoms with Gasteiger partial charge in [0.2, 0.25) is 5.28 Å². The molecule has 0 unspecified atom stereocenters. The van der Waals surface area contributed by atoms with Gasteiger partial charge in [-0.2, -0.15) is 0 Å². The fourth-order valence-corrected chi connectivity index (χ4v) is 2.29. The summed E-state index contributed by atoms with van der Waals surface area (Å²) in [6.07, 6.45) is 1.88. The van der Waals surface area contributed by atoms with E-state index in [-0.39, 0.29) is 12.4 Å². The van der Waals surface area contributed by atoms with Crippen LogP contribution in [0.25, 0.3) is 5.52 Å². The van der Waals surface area contributed by atoms with Crippen molar-refractivity contribution in [2.75, 3.05) is 0 Å². The second-order valence-corrected chi connectivity index (χ2v) is 4.88. The van der Waals surface area contributed by atoms with Gasteiger partial charge in [-0.25, -0.2) is 4.98 Å². The summed E-state index contributed by atoms with van der Waals surface area (Å²) in [4.78, 5) is 4.30. The van der Waals surface area contributed by atoms with Gasteiger partial charge in [0.25, 0.3) is 0 Å². The monoisotopic (exact) mass is 288 g/mol. The van der Waals surface area contributed by atoms with Crippen LogP contribution in [-0.2, 0) is 6.61 Å². The van der Waals surface area contributed by atoms with Crippen LogP contribution in [0.5, 0.6) is 11.5 Å². The number of ether oxygens (including phenoxy) is 1. The molecule has 1 N–H and O–H groups in total. The zero-order valence-corrected chi connectivity index (χ0v) is 11.6. The van der Waals surface area contributed by atoms with Crippen molar-refractivity contribution in [2.24, 2.45) is 0 Å². The Hall–Kier alpha value is -2.20. The Balaban J connectivity index is 1.92. The minimum atomic E-state index is 0.110. The lowest BCUT2D eigenvalue weighted by atomic mass is 10.2. The topological polar surface area (TPSA) is 46.8 Å². The Morgan fingerprint density at radius 2 is 2.10 bits per heavy atom. The van der Waals surface area contributed by atoms with Gasteiger partial charge < -0.3 is 9.84 Å². The number of rotatable bonds is 3. The smallest absolute Gasteiger partial charge is 0.207 e. The quantitative estimate of drug-likeness (QED) is 0.801. The number of nitrogens with zero attached hydrogens (tertiary/aromatic N) is 2. The highest BCUT2D eigenvalue weighted by atomic mass is 35.5. The van der Waals surface area contributed by atoms with E-state index in [4.69, 9.17) is 16.3 Å². The summed E-state index contributed by atoms with van der Waals surface area (Å²) in [6.45, 7) is 2.26. The largest absolute Gasteiger partial charge is 0.504 e. The number of phenolic OH excluding ortho intramolecular Hbond substituents is 1. The second kappa shape index (κ2) is 5.06. The molecule has 2 aromatic heterocycles. The minimum absolute atomic E-state index is 0.110. The maximum absolute atomic E-state index is 9.67. The molecule has 0 aliphatic carbocycles. The van der Waals surface area contributed by atoms with E-state index in [2.05, 4.69) is 4.98 Å². The van der Waals surface area contributed by atoms with E-state index < -0.39 is 0 Å². The van der Waals surface area contributed by atoms with Crippen LogP contribution in [0.2, 0.25) is 5.28 Å². The highest BCUT2D eigenvalue weighted by Crippen LogP contribution is 2.26. The number of aryl methyl sites for hydroxylation is 1. The Kier molecular flexibility index (Phi) is 3.24. The Labute approximate surface area is 121 Å². The average Bonchev–Trinajstić information content (AvgIpc) is 2.74. The minimum Gasteiger partial charge on any atom is -0.504 e. The summed E-state index contributed by atoms with van der Waals surface area (Å²) in [5.41, 5.74) is 2.77. The molecule has 0 radical (unpaired) electrons. The van der Waals surface area contributed by atoms with Crippen LogP contribution in [0.3, 0.4) is 0 Å². The van der Waals surface area contributed by atoms with E-state index in [0.29, 0.717) is 11.0 Å². The van der Waals surface area contributed by atoms with E-state index in [1.54, 1.807) is 28.7 Å². The molecule has 1 aromatic carbocycles. The van der Waals surface area contributed by atoms with Crippen molar-refractivity contribution in [3.05, 3.63) is 59.1 Å². The fourth-order valence-electron chi connectivity index (χ4n) is 2.04. The third kappa shape index (κ3) is 2.30. The number of imidazole rings is 1. The van der Waals surface area contributed by atoms with E-state index in [1.165, 1.54) is 0 Å². The molecule has 4 nitrogen and oxygen atoms in total. The Bertz CT molecular complexity index is 768. The van der Waals surface area contributed by atoms with Gasteiger partial charge in [-0.15, -0.1) is 0 Å². The first-order valence-corrected chi connectivity index (χ1v) is 6.57. The van der Waals surface area contributed by atoms with Gasteiger partial charge in [-0.3, -0.25) is 4.40 Å². The number of hydrogen-bond acceptors (Lipinski definition) is 3. The normalized spacial score (nSPS) is 10.9.